The molecular formula is C25H26N10O8S2. The smallest absolute Gasteiger partial charge is 0.352 e. The second kappa shape index (κ2) is 12.6. The third kappa shape index (κ3) is 6.19. The Kier molecular flexibility index (Phi) is 8.80. The maximum Gasteiger partial charge on any atom is 0.352 e. The van der Waals surface area contributed by atoms with E-state index in [0.29, 0.717) is 16.6 Å². The Morgan fingerprint density at radius 3 is 2.47 bits per heavy atom. The number of carbonyl (C=O) groups excluding carboxylic acids is 3. The minimum atomic E-state index is -1.46. The van der Waals surface area contributed by atoms with Gasteiger partial charge in [-0.1, -0.05) is 29.0 Å². The van der Waals surface area contributed by atoms with Crippen molar-refractivity contribution in [2.45, 2.75) is 35.6 Å². The zero-order chi connectivity index (χ0) is 32.6. The van der Waals surface area contributed by atoms with Crippen LogP contribution in [-0.2, 0) is 21.4 Å². The first kappa shape index (κ1) is 31.5. The van der Waals surface area contributed by atoms with Crippen molar-refractivity contribution < 1.29 is 39.6 Å². The number of amides is 3. The van der Waals surface area contributed by atoms with E-state index in [4.69, 9.17) is 5.73 Å². The minimum absolute atomic E-state index is 0.116. The number of rotatable bonds is 10. The Balaban J connectivity index is 1.33. The number of phenols is 1. The van der Waals surface area contributed by atoms with Gasteiger partial charge in [0, 0.05) is 18.6 Å². The van der Waals surface area contributed by atoms with Gasteiger partial charge in [-0.2, -0.15) is 4.98 Å². The number of thioether (sulfide) groups is 2. The summed E-state index contributed by atoms with van der Waals surface area (Å²) in [6, 6.07) is 1.44. The summed E-state index contributed by atoms with van der Waals surface area (Å²) in [7, 11) is 1.75. The summed E-state index contributed by atoms with van der Waals surface area (Å²) in [5.74, 6) is -3.93. The van der Waals surface area contributed by atoms with Crippen LogP contribution in [0.5, 0.6) is 17.6 Å². The number of β-lactam (4-membered cyclic amide) rings is 1. The topological polar surface area (TPSA) is 272 Å². The molecule has 45 heavy (non-hydrogen) atoms. The lowest BCUT2D eigenvalue weighted by Gasteiger charge is -2.49. The summed E-state index contributed by atoms with van der Waals surface area (Å²) in [6.07, 6.45) is 0. The van der Waals surface area contributed by atoms with Crippen LogP contribution in [-0.4, -0.2) is 102 Å². The van der Waals surface area contributed by atoms with Crippen LogP contribution < -0.4 is 16.4 Å². The van der Waals surface area contributed by atoms with Crippen LogP contribution in [0.15, 0.2) is 40.7 Å². The first-order chi connectivity index (χ1) is 21.4. The lowest BCUT2D eigenvalue weighted by molar-refractivity contribution is -0.151. The molecule has 0 spiro atoms. The number of nitrogens with one attached hydrogen (secondary N) is 2. The molecule has 3 amide bonds. The molecule has 4 atom stereocenters. The van der Waals surface area contributed by atoms with E-state index in [0.717, 1.165) is 4.90 Å². The van der Waals surface area contributed by atoms with E-state index >= 15 is 0 Å². The number of nitrogens with zero attached hydrogens (tertiary/aromatic N) is 7. The van der Waals surface area contributed by atoms with E-state index in [1.165, 1.54) is 47.8 Å². The lowest BCUT2D eigenvalue weighted by Crippen LogP contribution is -2.71. The molecule has 3 aromatic rings. The fourth-order valence-electron chi connectivity index (χ4n) is 4.65. The molecule has 2 aliphatic rings. The maximum absolute atomic E-state index is 13.5. The number of fused-ring (bicyclic) bond motifs is 1. The predicted molar refractivity (Wildman–Crippen MR) is 155 cm³/mol. The number of hydrogen-bond donors (Lipinski definition) is 7. The average molecular weight is 659 g/mol. The molecule has 4 heterocycles. The van der Waals surface area contributed by atoms with Gasteiger partial charge in [-0.05, 0) is 30.2 Å². The van der Waals surface area contributed by atoms with Crippen LogP contribution in [0.2, 0.25) is 0 Å². The Morgan fingerprint density at radius 2 is 1.84 bits per heavy atom. The van der Waals surface area contributed by atoms with Crippen LogP contribution >= 0.6 is 23.5 Å². The van der Waals surface area contributed by atoms with Crippen LogP contribution in [0.25, 0.3) is 0 Å². The second-order valence-electron chi connectivity index (χ2n) is 9.91. The SMILES string of the molecule is CC(N)c1nnc(SCC2=C(C(=O)O)N3C(=O)C(NC(=O)C(NC(=O)c4nnc(O)nc4O)c4ccc(O)cc4)[C@@H]3SC2)n1C. The summed E-state index contributed by atoms with van der Waals surface area (Å²) in [4.78, 5) is 56.3. The van der Waals surface area contributed by atoms with E-state index in [-0.39, 0.29) is 34.6 Å². The Hall–Kier alpha value is -4.95. The van der Waals surface area contributed by atoms with Gasteiger partial charge in [0.05, 0.1) is 6.04 Å². The van der Waals surface area contributed by atoms with Gasteiger partial charge < -0.3 is 41.4 Å². The highest BCUT2D eigenvalue weighted by Crippen LogP contribution is 2.41. The third-order valence-corrected chi connectivity index (χ3v) is 9.28. The second-order valence-corrected chi connectivity index (χ2v) is 12.0. The Labute approximate surface area is 262 Å². The Bertz CT molecular complexity index is 1710. The van der Waals surface area contributed by atoms with Crippen LogP contribution in [0.1, 0.15) is 40.9 Å². The number of carboxylic acid groups (broad SMARTS) is 1. The molecule has 3 unspecified atom stereocenters. The van der Waals surface area contributed by atoms with E-state index in [9.17, 15) is 39.6 Å². The molecule has 2 aromatic heterocycles. The van der Waals surface area contributed by atoms with Crippen molar-refractivity contribution in [1.29, 1.82) is 0 Å². The van der Waals surface area contributed by atoms with E-state index in [2.05, 4.69) is 36.0 Å². The molecule has 2 aliphatic heterocycles. The van der Waals surface area contributed by atoms with Crippen LogP contribution in [0.3, 0.4) is 0 Å². The van der Waals surface area contributed by atoms with Gasteiger partial charge in [-0.15, -0.1) is 27.1 Å². The van der Waals surface area contributed by atoms with E-state index in [1.807, 2.05) is 0 Å². The highest BCUT2D eigenvalue weighted by atomic mass is 32.2. The number of carbonyl (C=O) groups is 4. The maximum atomic E-state index is 13.5. The quantitative estimate of drug-likeness (QED) is 0.103. The highest BCUT2D eigenvalue weighted by molar-refractivity contribution is 8.01. The van der Waals surface area contributed by atoms with Crippen LogP contribution in [0, 0.1) is 0 Å². The molecule has 236 valence electrons. The number of hydrogen-bond acceptors (Lipinski definition) is 15. The molecule has 1 aromatic carbocycles. The molecular weight excluding hydrogens is 632 g/mol. The fraction of sp³-hybridized carbons (Fsp3) is 0.320. The van der Waals surface area contributed by atoms with Crippen molar-refractivity contribution in [2.75, 3.05) is 11.5 Å². The average Bonchev–Trinajstić information content (AvgIpc) is 3.37. The molecule has 1 saturated heterocycles. The van der Waals surface area contributed by atoms with Crippen molar-refractivity contribution >= 4 is 47.2 Å². The van der Waals surface area contributed by atoms with Gasteiger partial charge >= 0.3 is 12.0 Å². The number of benzene rings is 1. The molecule has 20 heteroatoms. The largest absolute Gasteiger partial charge is 0.508 e. The number of nitrogens with two attached hydrogens (primary N) is 1. The van der Waals surface area contributed by atoms with E-state index < -0.39 is 58.7 Å². The molecule has 0 saturated carbocycles. The monoisotopic (exact) mass is 658 g/mol. The van der Waals surface area contributed by atoms with Gasteiger partial charge in [0.15, 0.2) is 5.16 Å². The molecule has 8 N–H and O–H groups in total. The zero-order valence-corrected chi connectivity index (χ0v) is 25.1. The predicted octanol–water partition coefficient (Wildman–Crippen LogP) is -0.861. The minimum Gasteiger partial charge on any atom is -0.508 e. The first-order valence-electron chi connectivity index (χ1n) is 13.1. The highest BCUT2D eigenvalue weighted by Gasteiger charge is 2.54. The summed E-state index contributed by atoms with van der Waals surface area (Å²) in [5.41, 5.74) is 5.70. The normalized spacial score (nSPS) is 18.9. The first-order valence-corrected chi connectivity index (χ1v) is 15.1. The van der Waals surface area contributed by atoms with Gasteiger partial charge in [0.2, 0.25) is 17.5 Å². The molecule has 0 bridgehead atoms. The van der Waals surface area contributed by atoms with Crippen molar-refractivity contribution in [2.24, 2.45) is 12.8 Å². The third-order valence-electron chi connectivity index (χ3n) is 6.84. The molecule has 1 fully saturated rings. The van der Waals surface area contributed by atoms with Gasteiger partial charge in [0.25, 0.3) is 11.8 Å². The van der Waals surface area contributed by atoms with Gasteiger partial charge in [-0.3, -0.25) is 19.3 Å². The molecule has 18 nitrogen and oxygen atoms in total. The molecule has 0 radical (unpaired) electrons. The molecule has 0 aliphatic carbocycles. The van der Waals surface area contributed by atoms with Gasteiger partial charge in [-0.25, -0.2) is 4.79 Å². The summed E-state index contributed by atoms with van der Waals surface area (Å²) >= 11 is 2.51. The zero-order valence-electron chi connectivity index (χ0n) is 23.5. The standard InChI is InChI=1S/C25H26N10O8S2/c1-9(26)17-31-33-25(34(17)2)45-8-11-7-44-22-15(21(40)35(22)16(11)23(41)42)28-18(37)13(10-3-5-12(36)6-4-10)27-19(38)14-20(39)29-24(43)32-30-14/h3-6,9,13,15,22,36H,7-8,26H2,1-2H3,(H,27,38)(H,28,37)(H,41,42)(H2,29,32,39,43)/t9?,13?,15?,22-/m0/s1. The van der Waals surface area contributed by atoms with Crippen molar-refractivity contribution in [1.82, 2.24) is 45.5 Å². The number of aliphatic carboxylic acids is 1. The van der Waals surface area contributed by atoms with Gasteiger partial charge in [0.1, 0.15) is 34.7 Å². The van der Waals surface area contributed by atoms with Crippen LogP contribution in [0.4, 0.5) is 0 Å². The Morgan fingerprint density at radius 1 is 1.13 bits per heavy atom. The van der Waals surface area contributed by atoms with E-state index in [1.54, 1.807) is 18.5 Å². The summed E-state index contributed by atoms with van der Waals surface area (Å²) in [6.45, 7) is 1.76. The number of phenolic OH excluding ortho intramolecular Hbond substituents is 1. The fourth-order valence-corrected chi connectivity index (χ4v) is 7.06. The van der Waals surface area contributed by atoms with Crippen molar-refractivity contribution in [3.8, 4) is 17.6 Å². The number of aromatic nitrogens is 6. The number of carboxylic acids is 1. The van der Waals surface area contributed by atoms with Crippen molar-refractivity contribution in [3.63, 3.8) is 0 Å². The molecule has 5 rings (SSSR count). The lowest BCUT2D eigenvalue weighted by atomic mass is 10.0. The van der Waals surface area contributed by atoms with Crippen molar-refractivity contribution in [3.05, 3.63) is 52.6 Å². The summed E-state index contributed by atoms with van der Waals surface area (Å²) in [5, 5.41) is 58.4. The summed E-state index contributed by atoms with van der Waals surface area (Å²) < 4.78 is 1.71. The number of aromatic hydroxyl groups is 3.